The van der Waals surface area contributed by atoms with Gasteiger partial charge in [0.25, 0.3) is 0 Å². The van der Waals surface area contributed by atoms with Gasteiger partial charge in [-0.1, -0.05) is 30.3 Å². The van der Waals surface area contributed by atoms with Gasteiger partial charge in [-0.25, -0.2) is 0 Å². The van der Waals surface area contributed by atoms with E-state index in [1.165, 1.54) is 26.7 Å². The SMILES string of the molecule is COC(=O)CC(C)=Nc1cccc(C)c1.COC(=O)CC(C)=O.Cc1ccc2c(=O)cc(C)[nH]c2c1.Cc1cccc(N)c1. The minimum atomic E-state index is -0.475. The van der Waals surface area contributed by atoms with E-state index in [2.05, 4.69) is 19.5 Å². The van der Waals surface area contributed by atoms with Crippen molar-refractivity contribution in [2.75, 3.05) is 20.0 Å². The summed E-state index contributed by atoms with van der Waals surface area (Å²) in [5.74, 6) is -0.904. The number of fused-ring (bicyclic) bond motifs is 1. The van der Waals surface area contributed by atoms with Crippen LogP contribution in [0.25, 0.3) is 10.9 Å². The fourth-order valence-electron chi connectivity index (χ4n) is 3.68. The fourth-order valence-corrected chi connectivity index (χ4v) is 3.68. The predicted octanol–water partition coefficient (Wildman–Crippen LogP) is 6.51. The summed E-state index contributed by atoms with van der Waals surface area (Å²) >= 11 is 0. The second-order valence-electron chi connectivity index (χ2n) is 10.2. The van der Waals surface area contributed by atoms with Gasteiger partial charge in [0.2, 0.25) is 0 Å². The monoisotopic (exact) mass is 601 g/mol. The van der Waals surface area contributed by atoms with Crippen LogP contribution in [0.2, 0.25) is 0 Å². The average Bonchev–Trinajstić information content (AvgIpc) is 2.93. The van der Waals surface area contributed by atoms with Gasteiger partial charge in [0.05, 0.1) is 26.3 Å². The Kier molecular flexibility index (Phi) is 16.1. The molecular formula is C35H43N3O6. The molecule has 0 atom stereocenters. The summed E-state index contributed by atoms with van der Waals surface area (Å²) in [5, 5.41) is 0.760. The molecule has 0 spiro atoms. The lowest BCUT2D eigenvalue weighted by Gasteiger charge is -2.00. The van der Waals surface area contributed by atoms with E-state index in [1.54, 1.807) is 6.07 Å². The highest BCUT2D eigenvalue weighted by Gasteiger charge is 2.03. The number of nitrogens with one attached hydrogen (secondary N) is 1. The number of ketones is 1. The normalized spacial score (nSPS) is 10.1. The molecule has 0 fully saturated rings. The van der Waals surface area contributed by atoms with E-state index in [4.69, 9.17) is 5.73 Å². The van der Waals surface area contributed by atoms with E-state index in [9.17, 15) is 19.2 Å². The third kappa shape index (κ3) is 15.3. The van der Waals surface area contributed by atoms with Crippen molar-refractivity contribution in [3.8, 4) is 0 Å². The number of hydrogen-bond donors (Lipinski definition) is 2. The molecule has 1 aromatic heterocycles. The van der Waals surface area contributed by atoms with Gasteiger partial charge in [0.1, 0.15) is 12.2 Å². The second kappa shape index (κ2) is 19.2. The number of pyridine rings is 1. The largest absolute Gasteiger partial charge is 0.469 e. The molecule has 0 saturated heterocycles. The molecule has 44 heavy (non-hydrogen) atoms. The fraction of sp³-hybridized carbons (Fsp3) is 0.286. The van der Waals surface area contributed by atoms with Crippen LogP contribution < -0.4 is 11.2 Å². The van der Waals surface area contributed by atoms with Crippen LogP contribution in [-0.2, 0) is 23.9 Å². The number of aromatic amines is 1. The first-order chi connectivity index (χ1) is 20.7. The standard InChI is InChI=1S/C12H15NO2.C11H11NO.C7H9N.C5H8O3/c1-9-5-4-6-11(7-9)13-10(2)8-12(14)15-3;1-7-3-4-9-10(5-7)12-8(2)6-11(9)13;1-6-3-2-4-7(8)5-6;1-4(6)3-5(7)8-2/h4-7H,8H2,1-3H3;3-6H,1-2H3,(H,12,13);2-5H,8H2,1H3;3H2,1-2H3. The molecule has 0 saturated carbocycles. The van der Waals surface area contributed by atoms with Gasteiger partial charge in [0, 0.05) is 34.1 Å². The topological polar surface area (TPSA) is 141 Å². The summed E-state index contributed by atoms with van der Waals surface area (Å²) in [7, 11) is 2.63. The zero-order chi connectivity index (χ0) is 33.2. The molecule has 4 rings (SSSR count). The average molecular weight is 602 g/mol. The van der Waals surface area contributed by atoms with Gasteiger partial charge < -0.3 is 20.2 Å². The molecule has 0 unspecified atom stereocenters. The van der Waals surface area contributed by atoms with Gasteiger partial charge in [-0.3, -0.25) is 24.2 Å². The molecule has 9 heteroatoms. The van der Waals surface area contributed by atoms with Crippen molar-refractivity contribution in [2.45, 2.75) is 54.4 Å². The Morgan fingerprint density at radius 3 is 1.82 bits per heavy atom. The number of anilines is 1. The Balaban J connectivity index is 0.000000305. The molecule has 3 aromatic carbocycles. The van der Waals surface area contributed by atoms with Crippen LogP contribution in [0.1, 0.15) is 49.1 Å². The van der Waals surface area contributed by atoms with Crippen molar-refractivity contribution >= 4 is 45.7 Å². The number of Topliss-reactive ketones (excluding diaryl/α,β-unsaturated/α-hetero) is 1. The number of H-pyrrole nitrogens is 1. The summed E-state index contributed by atoms with van der Waals surface area (Å²) in [5.41, 5.74) is 13.4. The van der Waals surface area contributed by atoms with Crippen LogP contribution in [0.4, 0.5) is 11.4 Å². The smallest absolute Gasteiger partial charge is 0.313 e. The Morgan fingerprint density at radius 1 is 0.750 bits per heavy atom. The van der Waals surface area contributed by atoms with Crippen molar-refractivity contribution in [3.05, 3.63) is 105 Å². The van der Waals surface area contributed by atoms with E-state index < -0.39 is 5.97 Å². The Labute approximate surface area is 259 Å². The first-order valence-electron chi connectivity index (χ1n) is 13.9. The number of methoxy groups -OCH3 is 2. The third-order valence-corrected chi connectivity index (χ3v) is 5.73. The van der Waals surface area contributed by atoms with Crippen molar-refractivity contribution in [3.63, 3.8) is 0 Å². The molecular weight excluding hydrogens is 558 g/mol. The summed E-state index contributed by atoms with van der Waals surface area (Å²) < 4.78 is 8.76. The number of ether oxygens (including phenoxy) is 2. The first-order valence-corrected chi connectivity index (χ1v) is 13.9. The Morgan fingerprint density at radius 2 is 1.32 bits per heavy atom. The number of hydrogen-bond acceptors (Lipinski definition) is 8. The highest BCUT2D eigenvalue weighted by molar-refractivity contribution is 5.98. The van der Waals surface area contributed by atoms with Crippen LogP contribution in [0.5, 0.6) is 0 Å². The van der Waals surface area contributed by atoms with Crippen LogP contribution in [0.3, 0.4) is 0 Å². The third-order valence-electron chi connectivity index (χ3n) is 5.73. The molecule has 3 N–H and O–H groups in total. The Bertz CT molecular complexity index is 1620. The van der Waals surface area contributed by atoms with E-state index in [0.717, 1.165) is 44.8 Å². The maximum absolute atomic E-state index is 11.5. The zero-order valence-corrected chi connectivity index (χ0v) is 26.8. The lowest BCUT2D eigenvalue weighted by Crippen LogP contribution is -2.05. The number of aromatic nitrogens is 1. The molecule has 0 radical (unpaired) electrons. The van der Waals surface area contributed by atoms with E-state index in [1.807, 2.05) is 101 Å². The van der Waals surface area contributed by atoms with Gasteiger partial charge in [-0.05, 0) is 94.6 Å². The van der Waals surface area contributed by atoms with Crippen molar-refractivity contribution in [1.82, 2.24) is 4.98 Å². The highest BCUT2D eigenvalue weighted by Crippen LogP contribution is 2.14. The van der Waals surface area contributed by atoms with Gasteiger partial charge >= 0.3 is 11.9 Å². The van der Waals surface area contributed by atoms with Crippen LogP contribution >= 0.6 is 0 Å². The quantitative estimate of drug-likeness (QED) is 0.115. The van der Waals surface area contributed by atoms with Gasteiger partial charge in [-0.15, -0.1) is 0 Å². The van der Waals surface area contributed by atoms with Gasteiger partial charge in [0.15, 0.2) is 5.43 Å². The van der Waals surface area contributed by atoms with E-state index >= 15 is 0 Å². The van der Waals surface area contributed by atoms with Crippen LogP contribution in [-0.4, -0.2) is 42.6 Å². The van der Waals surface area contributed by atoms with Crippen molar-refractivity contribution < 1.29 is 23.9 Å². The van der Waals surface area contributed by atoms with Gasteiger partial charge in [-0.2, -0.15) is 0 Å². The van der Waals surface area contributed by atoms with Crippen LogP contribution in [0, 0.1) is 27.7 Å². The van der Waals surface area contributed by atoms with Crippen molar-refractivity contribution in [2.24, 2.45) is 4.99 Å². The molecule has 0 aliphatic carbocycles. The van der Waals surface area contributed by atoms with Crippen LogP contribution in [0.15, 0.2) is 82.6 Å². The number of aliphatic imine (C=N–C) groups is 1. The molecule has 0 bridgehead atoms. The molecule has 1 heterocycles. The minimum Gasteiger partial charge on any atom is -0.469 e. The van der Waals surface area contributed by atoms with E-state index in [0.29, 0.717) is 0 Å². The number of nitrogen functional groups attached to an aromatic ring is 1. The molecule has 234 valence electrons. The number of rotatable bonds is 5. The molecule has 0 amide bonds. The molecule has 9 nitrogen and oxygen atoms in total. The second-order valence-corrected chi connectivity index (χ2v) is 10.2. The first kappa shape index (κ1) is 37.0. The highest BCUT2D eigenvalue weighted by atomic mass is 16.5. The lowest BCUT2D eigenvalue weighted by molar-refractivity contribution is -0.143. The zero-order valence-electron chi connectivity index (χ0n) is 26.8. The summed E-state index contributed by atoms with van der Waals surface area (Å²) in [6, 6.07) is 23.1. The number of nitrogens with zero attached hydrogens (tertiary/aromatic N) is 1. The number of carbonyl (C=O) groups is 3. The van der Waals surface area contributed by atoms with Crippen molar-refractivity contribution in [1.29, 1.82) is 0 Å². The van der Waals surface area contributed by atoms with E-state index in [-0.39, 0.29) is 30.0 Å². The Hall–Kier alpha value is -5.05. The number of nitrogens with two attached hydrogens (primary N) is 1. The minimum absolute atomic E-state index is 0.0891. The number of carbonyl (C=O) groups excluding carboxylic acids is 3. The number of benzene rings is 3. The molecule has 4 aromatic rings. The maximum atomic E-state index is 11.5. The summed E-state index contributed by atoms with van der Waals surface area (Å²) in [4.78, 5) is 50.3. The summed E-state index contributed by atoms with van der Waals surface area (Å²) in [6.07, 6.45) is 0.126. The number of aryl methyl sites for hydroxylation is 4. The molecule has 0 aliphatic rings. The predicted molar refractivity (Wildman–Crippen MR) is 178 cm³/mol. The molecule has 0 aliphatic heterocycles. The summed E-state index contributed by atoms with van der Waals surface area (Å²) in [6.45, 7) is 11.1. The maximum Gasteiger partial charge on any atom is 0.313 e. The number of esters is 2. The lowest BCUT2D eigenvalue weighted by atomic mass is 10.1.